The molecule has 0 amide bonds. The van der Waals surface area contributed by atoms with Crippen molar-refractivity contribution in [2.24, 2.45) is 0 Å². The molecule has 0 unspecified atom stereocenters. The van der Waals surface area contributed by atoms with Crippen molar-refractivity contribution in [3.63, 3.8) is 0 Å². The minimum absolute atomic E-state index is 0.00762. The van der Waals surface area contributed by atoms with Crippen LogP contribution in [0.1, 0.15) is 48.1 Å². The topological polar surface area (TPSA) is 83.4 Å². The maximum atomic E-state index is 9.65. The summed E-state index contributed by atoms with van der Waals surface area (Å²) in [5.74, 6) is 2.72. The van der Waals surface area contributed by atoms with Crippen LogP contribution in [0.15, 0.2) is 48.9 Å². The Hall–Kier alpha value is -3.03. The van der Waals surface area contributed by atoms with E-state index in [0.29, 0.717) is 12.5 Å². The lowest BCUT2D eigenvalue weighted by Gasteiger charge is -2.31. The molecule has 1 saturated heterocycles. The van der Waals surface area contributed by atoms with E-state index >= 15 is 0 Å². The van der Waals surface area contributed by atoms with E-state index in [0.717, 1.165) is 66.7 Å². The fourth-order valence-corrected chi connectivity index (χ4v) is 4.17. The first-order valence-corrected chi connectivity index (χ1v) is 11.2. The highest BCUT2D eigenvalue weighted by Crippen LogP contribution is 2.29. The molecule has 7 nitrogen and oxygen atoms in total. The molecule has 168 valence electrons. The number of aliphatic hydroxyl groups excluding tert-OH is 1. The second-order valence-corrected chi connectivity index (χ2v) is 8.21. The molecular formula is C25H31N5O2. The Labute approximate surface area is 189 Å². The zero-order valence-electron chi connectivity index (χ0n) is 18.8. The zero-order chi connectivity index (χ0) is 22.3. The number of nitrogens with one attached hydrogen (secondary N) is 1. The molecule has 0 radical (unpaired) electrons. The molecule has 0 atom stereocenters. The van der Waals surface area contributed by atoms with Crippen molar-refractivity contribution >= 4 is 11.6 Å². The van der Waals surface area contributed by atoms with Crippen molar-refractivity contribution < 1.29 is 9.84 Å². The van der Waals surface area contributed by atoms with Crippen LogP contribution in [0.2, 0.25) is 0 Å². The third-order valence-electron chi connectivity index (χ3n) is 5.92. The van der Waals surface area contributed by atoms with E-state index < -0.39 is 0 Å². The third kappa shape index (κ3) is 5.41. The molecule has 1 aliphatic rings. The molecule has 7 heteroatoms. The molecule has 0 bridgehead atoms. The molecule has 32 heavy (non-hydrogen) atoms. The number of hydrogen-bond acceptors (Lipinski definition) is 7. The number of aromatic nitrogens is 3. The number of ether oxygens (including phenoxy) is 1. The van der Waals surface area contributed by atoms with Gasteiger partial charge in [0.25, 0.3) is 0 Å². The largest absolute Gasteiger partial charge is 0.494 e. The molecule has 0 aliphatic carbocycles. The number of hydrogen-bond donors (Lipinski definition) is 2. The summed E-state index contributed by atoms with van der Waals surface area (Å²) in [6.07, 6.45) is 7.50. The number of benzene rings is 1. The lowest BCUT2D eigenvalue weighted by atomic mass is 9.93. The van der Waals surface area contributed by atoms with E-state index in [4.69, 9.17) is 9.72 Å². The van der Waals surface area contributed by atoms with E-state index in [1.54, 1.807) is 12.4 Å². The number of anilines is 2. The summed E-state index contributed by atoms with van der Waals surface area (Å²) in [6, 6.07) is 10.1. The molecule has 2 N–H and O–H groups in total. The predicted octanol–water partition coefficient (Wildman–Crippen LogP) is 4.19. The van der Waals surface area contributed by atoms with Gasteiger partial charge in [-0.25, -0.2) is 9.97 Å². The maximum absolute atomic E-state index is 9.65. The Morgan fingerprint density at radius 1 is 1.19 bits per heavy atom. The van der Waals surface area contributed by atoms with Gasteiger partial charge in [-0.1, -0.05) is 12.1 Å². The molecule has 1 aromatic carbocycles. The van der Waals surface area contributed by atoms with E-state index in [2.05, 4.69) is 32.3 Å². The fourth-order valence-electron chi connectivity index (χ4n) is 4.17. The molecule has 3 aromatic rings. The van der Waals surface area contributed by atoms with Crippen LogP contribution in [-0.4, -0.2) is 44.7 Å². The van der Waals surface area contributed by atoms with Gasteiger partial charge in [-0.05, 0) is 69.1 Å². The standard InChI is InChI=1S/C25H31N5O2/c1-3-32-23-7-6-19(13-21(23)17-31)16-30-11-8-20(9-12-30)22-14-26-15-24(28-22)29-25-18(2)5-4-10-27-25/h4-7,10,13-15,20,31H,3,8-9,11-12,16-17H2,1-2H3,(H,27,28,29). The molecule has 4 rings (SSSR count). The van der Waals surface area contributed by atoms with Crippen LogP contribution in [0.25, 0.3) is 0 Å². The van der Waals surface area contributed by atoms with Gasteiger partial charge >= 0.3 is 0 Å². The molecule has 2 aromatic heterocycles. The number of pyridine rings is 1. The van der Waals surface area contributed by atoms with Gasteiger partial charge in [-0.2, -0.15) is 0 Å². The fraction of sp³-hybridized carbons (Fsp3) is 0.400. The van der Waals surface area contributed by atoms with Crippen LogP contribution >= 0.6 is 0 Å². The van der Waals surface area contributed by atoms with Gasteiger partial charge in [0.2, 0.25) is 0 Å². The van der Waals surface area contributed by atoms with Gasteiger partial charge in [0.1, 0.15) is 17.4 Å². The second kappa shape index (κ2) is 10.5. The second-order valence-electron chi connectivity index (χ2n) is 8.21. The van der Waals surface area contributed by atoms with E-state index in [1.165, 1.54) is 5.56 Å². The first-order valence-electron chi connectivity index (χ1n) is 11.2. The van der Waals surface area contributed by atoms with Crippen molar-refractivity contribution in [1.82, 2.24) is 19.9 Å². The van der Waals surface area contributed by atoms with E-state index in [1.807, 2.05) is 38.2 Å². The lowest BCUT2D eigenvalue weighted by molar-refractivity contribution is 0.203. The Morgan fingerprint density at radius 3 is 2.78 bits per heavy atom. The molecule has 1 aliphatic heterocycles. The maximum Gasteiger partial charge on any atom is 0.150 e. The number of nitrogens with zero attached hydrogens (tertiary/aromatic N) is 4. The van der Waals surface area contributed by atoms with Gasteiger partial charge in [0, 0.05) is 30.4 Å². The van der Waals surface area contributed by atoms with Crippen molar-refractivity contribution in [2.45, 2.75) is 45.8 Å². The Balaban J connectivity index is 1.35. The lowest BCUT2D eigenvalue weighted by Crippen LogP contribution is -2.32. The Morgan fingerprint density at radius 2 is 2.03 bits per heavy atom. The number of piperidine rings is 1. The van der Waals surface area contributed by atoms with Crippen molar-refractivity contribution in [2.75, 3.05) is 25.0 Å². The average Bonchev–Trinajstić information content (AvgIpc) is 2.82. The first kappa shape index (κ1) is 22.2. The van der Waals surface area contributed by atoms with Crippen molar-refractivity contribution in [3.8, 4) is 5.75 Å². The summed E-state index contributed by atoms with van der Waals surface area (Å²) in [6.45, 7) is 7.45. The van der Waals surface area contributed by atoms with Gasteiger partial charge in [0.15, 0.2) is 0 Å². The third-order valence-corrected chi connectivity index (χ3v) is 5.92. The van der Waals surface area contributed by atoms with Gasteiger partial charge < -0.3 is 15.2 Å². The first-order chi connectivity index (χ1) is 15.7. The minimum Gasteiger partial charge on any atom is -0.494 e. The number of likely N-dealkylation sites (tertiary alicyclic amines) is 1. The quantitative estimate of drug-likeness (QED) is 0.551. The molecule has 1 fully saturated rings. The Kier molecular flexibility index (Phi) is 7.29. The predicted molar refractivity (Wildman–Crippen MR) is 125 cm³/mol. The number of aryl methyl sites for hydroxylation is 1. The van der Waals surface area contributed by atoms with Gasteiger partial charge in [-0.15, -0.1) is 0 Å². The van der Waals surface area contributed by atoms with Crippen LogP contribution in [0.3, 0.4) is 0 Å². The number of rotatable bonds is 8. The summed E-state index contributed by atoms with van der Waals surface area (Å²) in [7, 11) is 0. The van der Waals surface area contributed by atoms with E-state index in [9.17, 15) is 5.11 Å². The SMILES string of the molecule is CCOc1ccc(CN2CCC(c3cncc(Nc4ncccc4C)n3)CC2)cc1CO. The Bertz CT molecular complexity index is 1030. The highest BCUT2D eigenvalue weighted by Gasteiger charge is 2.22. The summed E-state index contributed by atoms with van der Waals surface area (Å²) < 4.78 is 5.59. The molecule has 0 saturated carbocycles. The van der Waals surface area contributed by atoms with Crippen LogP contribution in [-0.2, 0) is 13.2 Å². The summed E-state index contributed by atoms with van der Waals surface area (Å²) >= 11 is 0. The normalized spacial score (nSPS) is 15.0. The van der Waals surface area contributed by atoms with Crippen molar-refractivity contribution in [1.29, 1.82) is 0 Å². The van der Waals surface area contributed by atoms with Crippen LogP contribution in [0.5, 0.6) is 5.75 Å². The monoisotopic (exact) mass is 433 g/mol. The highest BCUT2D eigenvalue weighted by molar-refractivity contribution is 5.54. The summed E-state index contributed by atoms with van der Waals surface area (Å²) in [5, 5.41) is 12.9. The summed E-state index contributed by atoms with van der Waals surface area (Å²) in [4.78, 5) is 16.1. The molecular weight excluding hydrogens is 402 g/mol. The van der Waals surface area contributed by atoms with Crippen LogP contribution in [0, 0.1) is 6.92 Å². The minimum atomic E-state index is -0.00762. The molecule has 3 heterocycles. The van der Waals surface area contributed by atoms with Gasteiger partial charge in [0.05, 0.1) is 25.1 Å². The number of aliphatic hydroxyl groups is 1. The zero-order valence-corrected chi connectivity index (χ0v) is 18.8. The van der Waals surface area contributed by atoms with Crippen LogP contribution < -0.4 is 10.1 Å². The highest BCUT2D eigenvalue weighted by atomic mass is 16.5. The van der Waals surface area contributed by atoms with Crippen LogP contribution in [0.4, 0.5) is 11.6 Å². The van der Waals surface area contributed by atoms with E-state index in [-0.39, 0.29) is 6.61 Å². The molecule has 0 spiro atoms. The summed E-state index contributed by atoms with van der Waals surface area (Å²) in [5.41, 5.74) is 4.16. The average molecular weight is 434 g/mol. The van der Waals surface area contributed by atoms with Crippen molar-refractivity contribution in [3.05, 3.63) is 71.3 Å². The van der Waals surface area contributed by atoms with Gasteiger partial charge in [-0.3, -0.25) is 9.88 Å². The smallest absolute Gasteiger partial charge is 0.150 e.